The van der Waals surface area contributed by atoms with Crippen molar-refractivity contribution in [3.8, 4) is 0 Å². The first-order valence-electron chi connectivity index (χ1n) is 8.01. The molecule has 1 N–H and O–H groups in total. The van der Waals surface area contributed by atoms with Gasteiger partial charge >= 0.3 is 5.97 Å². The highest BCUT2D eigenvalue weighted by molar-refractivity contribution is 5.85. The molecule has 21 heavy (non-hydrogen) atoms. The van der Waals surface area contributed by atoms with Crippen LogP contribution in [-0.2, 0) is 9.53 Å². The summed E-state index contributed by atoms with van der Waals surface area (Å²) in [5.74, 6) is 0.664. The Morgan fingerprint density at radius 1 is 1.43 bits per heavy atom. The Kier molecular flexibility index (Phi) is 4.92. The number of nitrogens with one attached hydrogen (secondary N) is 1. The van der Waals surface area contributed by atoms with Crippen LogP contribution in [0.4, 0.5) is 5.69 Å². The van der Waals surface area contributed by atoms with Gasteiger partial charge in [-0.3, -0.25) is 0 Å². The van der Waals surface area contributed by atoms with Crippen LogP contribution in [0.3, 0.4) is 0 Å². The van der Waals surface area contributed by atoms with Gasteiger partial charge in [-0.1, -0.05) is 38.8 Å². The maximum atomic E-state index is 12.7. The molecule has 3 heteroatoms. The second kappa shape index (κ2) is 6.50. The quantitative estimate of drug-likeness (QED) is 0.846. The van der Waals surface area contributed by atoms with Crippen LogP contribution in [0.25, 0.3) is 0 Å². The Hall–Kier alpha value is -1.51. The fourth-order valence-electron chi connectivity index (χ4n) is 3.42. The van der Waals surface area contributed by atoms with Gasteiger partial charge in [0.15, 0.2) is 0 Å². The number of esters is 1. The van der Waals surface area contributed by atoms with Crippen molar-refractivity contribution in [3.63, 3.8) is 0 Å². The molecule has 3 atom stereocenters. The van der Waals surface area contributed by atoms with Crippen LogP contribution >= 0.6 is 0 Å². The Balaban J connectivity index is 2.33. The molecule has 1 aliphatic rings. The van der Waals surface area contributed by atoms with Crippen molar-refractivity contribution in [2.24, 2.45) is 11.8 Å². The van der Waals surface area contributed by atoms with Crippen molar-refractivity contribution in [2.75, 3.05) is 11.9 Å². The lowest BCUT2D eigenvalue weighted by Gasteiger charge is -2.44. The zero-order chi connectivity index (χ0) is 15.5. The normalized spacial score (nSPS) is 29.0. The number of benzene rings is 1. The fraction of sp³-hybridized carbons (Fsp3) is 0.611. The van der Waals surface area contributed by atoms with Crippen molar-refractivity contribution in [3.05, 3.63) is 29.8 Å². The van der Waals surface area contributed by atoms with Crippen molar-refractivity contribution >= 4 is 11.7 Å². The van der Waals surface area contributed by atoms with E-state index in [1.165, 1.54) is 12.0 Å². The standard InChI is InChI=1S/C18H27NO2/c1-5-21-17(20)18(11-7-9-14(3)15(18)4)19-16-10-6-8-13(2)12-16/h6,8,10,12,14-15,19H,5,7,9,11H2,1-4H3. The molecule has 0 spiro atoms. The van der Waals surface area contributed by atoms with Crippen LogP contribution in [0.5, 0.6) is 0 Å². The highest BCUT2D eigenvalue weighted by atomic mass is 16.5. The first kappa shape index (κ1) is 15.9. The number of anilines is 1. The van der Waals surface area contributed by atoms with Gasteiger partial charge in [0.25, 0.3) is 0 Å². The molecule has 0 radical (unpaired) electrons. The van der Waals surface area contributed by atoms with E-state index in [2.05, 4.69) is 38.2 Å². The minimum atomic E-state index is -0.596. The molecule has 0 heterocycles. The molecule has 3 nitrogen and oxygen atoms in total. The summed E-state index contributed by atoms with van der Waals surface area (Å²) in [6, 6.07) is 8.20. The molecular weight excluding hydrogens is 262 g/mol. The molecule has 0 amide bonds. The summed E-state index contributed by atoms with van der Waals surface area (Å²) < 4.78 is 5.40. The van der Waals surface area contributed by atoms with Gasteiger partial charge in [0.05, 0.1) is 6.61 Å². The predicted molar refractivity (Wildman–Crippen MR) is 86.3 cm³/mol. The van der Waals surface area contributed by atoms with Crippen LogP contribution in [0, 0.1) is 18.8 Å². The third-order valence-corrected chi connectivity index (χ3v) is 4.89. The van der Waals surface area contributed by atoms with Gasteiger partial charge in [0, 0.05) is 5.69 Å². The molecule has 116 valence electrons. The summed E-state index contributed by atoms with van der Waals surface area (Å²) in [4.78, 5) is 12.7. The van der Waals surface area contributed by atoms with Crippen molar-refractivity contribution in [1.82, 2.24) is 0 Å². The smallest absolute Gasteiger partial charge is 0.332 e. The Bertz CT molecular complexity index is 500. The second-order valence-corrected chi connectivity index (χ2v) is 6.34. The van der Waals surface area contributed by atoms with Crippen LogP contribution < -0.4 is 5.32 Å². The minimum absolute atomic E-state index is 0.106. The maximum Gasteiger partial charge on any atom is 0.332 e. The van der Waals surface area contributed by atoms with E-state index in [1.54, 1.807) is 0 Å². The summed E-state index contributed by atoms with van der Waals surface area (Å²) in [6.07, 6.45) is 3.08. The third kappa shape index (κ3) is 3.22. The van der Waals surface area contributed by atoms with Gasteiger partial charge in [0.1, 0.15) is 5.54 Å². The van der Waals surface area contributed by atoms with Crippen molar-refractivity contribution in [2.45, 2.75) is 52.5 Å². The number of ether oxygens (including phenoxy) is 1. The summed E-state index contributed by atoms with van der Waals surface area (Å²) in [6.45, 7) is 8.76. The second-order valence-electron chi connectivity index (χ2n) is 6.34. The maximum absolute atomic E-state index is 12.7. The van der Waals surface area contributed by atoms with Gasteiger partial charge in [0.2, 0.25) is 0 Å². The lowest BCUT2D eigenvalue weighted by Crippen LogP contribution is -2.56. The molecule has 1 fully saturated rings. The van der Waals surface area contributed by atoms with Crippen LogP contribution in [0.1, 0.15) is 45.6 Å². The average molecular weight is 289 g/mol. The topological polar surface area (TPSA) is 38.3 Å². The third-order valence-electron chi connectivity index (χ3n) is 4.89. The number of rotatable bonds is 4. The summed E-state index contributed by atoms with van der Waals surface area (Å²) in [5, 5.41) is 3.53. The van der Waals surface area contributed by atoms with Crippen molar-refractivity contribution < 1.29 is 9.53 Å². The first-order valence-corrected chi connectivity index (χ1v) is 8.01. The summed E-state index contributed by atoms with van der Waals surface area (Å²) >= 11 is 0. The number of carbonyl (C=O) groups is 1. The van der Waals surface area contributed by atoms with E-state index in [4.69, 9.17) is 4.74 Å². The zero-order valence-corrected chi connectivity index (χ0v) is 13.6. The molecule has 1 aromatic rings. The number of hydrogen-bond acceptors (Lipinski definition) is 3. The highest BCUT2D eigenvalue weighted by Crippen LogP contribution is 2.41. The molecule has 1 aliphatic carbocycles. The predicted octanol–water partition coefficient (Wildman–Crippen LogP) is 4.16. The van der Waals surface area contributed by atoms with Crippen molar-refractivity contribution in [1.29, 1.82) is 0 Å². The molecule has 3 unspecified atom stereocenters. The average Bonchev–Trinajstić information content (AvgIpc) is 2.44. The number of carbonyl (C=O) groups excluding carboxylic acids is 1. The van der Waals surface area contributed by atoms with Crippen LogP contribution in [-0.4, -0.2) is 18.1 Å². The van der Waals surface area contributed by atoms with Gasteiger partial charge in [-0.2, -0.15) is 0 Å². The molecular formula is C18H27NO2. The Morgan fingerprint density at radius 2 is 2.19 bits per heavy atom. The van der Waals surface area contributed by atoms with Gasteiger partial charge < -0.3 is 10.1 Å². The van der Waals surface area contributed by atoms with Gasteiger partial charge in [-0.15, -0.1) is 0 Å². The summed E-state index contributed by atoms with van der Waals surface area (Å²) in [5.41, 5.74) is 1.60. The Morgan fingerprint density at radius 3 is 2.86 bits per heavy atom. The number of hydrogen-bond donors (Lipinski definition) is 1. The van der Waals surface area contributed by atoms with Crippen LogP contribution in [0.15, 0.2) is 24.3 Å². The molecule has 0 saturated heterocycles. The molecule has 1 saturated carbocycles. The van der Waals surface area contributed by atoms with E-state index in [-0.39, 0.29) is 11.9 Å². The zero-order valence-electron chi connectivity index (χ0n) is 13.6. The van der Waals surface area contributed by atoms with E-state index in [1.807, 2.05) is 19.1 Å². The highest BCUT2D eigenvalue weighted by Gasteiger charge is 2.48. The van der Waals surface area contributed by atoms with Gasteiger partial charge in [-0.05, 0) is 49.8 Å². The molecule has 2 rings (SSSR count). The summed E-state index contributed by atoms with van der Waals surface area (Å²) in [7, 11) is 0. The molecule has 0 bridgehead atoms. The van der Waals surface area contributed by atoms with E-state index < -0.39 is 5.54 Å². The van der Waals surface area contributed by atoms with E-state index in [9.17, 15) is 4.79 Å². The van der Waals surface area contributed by atoms with E-state index >= 15 is 0 Å². The van der Waals surface area contributed by atoms with Crippen LogP contribution in [0.2, 0.25) is 0 Å². The number of aryl methyl sites for hydroxylation is 1. The SMILES string of the molecule is CCOC(=O)C1(Nc2cccc(C)c2)CCCC(C)C1C. The first-order chi connectivity index (χ1) is 9.99. The minimum Gasteiger partial charge on any atom is -0.464 e. The van der Waals surface area contributed by atoms with Gasteiger partial charge in [-0.25, -0.2) is 4.79 Å². The van der Waals surface area contributed by atoms with E-state index in [0.717, 1.165) is 18.5 Å². The largest absolute Gasteiger partial charge is 0.464 e. The lowest BCUT2D eigenvalue weighted by atomic mass is 9.68. The molecule has 0 aliphatic heterocycles. The Labute approximate surface area is 128 Å². The fourth-order valence-corrected chi connectivity index (χ4v) is 3.42. The van der Waals surface area contributed by atoms with E-state index in [0.29, 0.717) is 12.5 Å². The molecule has 0 aromatic heterocycles. The lowest BCUT2D eigenvalue weighted by molar-refractivity contribution is -0.152. The monoisotopic (exact) mass is 289 g/mol. The molecule has 1 aromatic carbocycles.